The SMILES string of the molecule is CC(C)C(C)C1CC1C(C)C1CCC2C3CC(O)C45OC4C=CC(=O)C5(C)C3C(O)CC12C. The quantitative estimate of drug-likeness (QED) is 0.605. The van der Waals surface area contributed by atoms with Gasteiger partial charge in [0.05, 0.1) is 17.6 Å². The summed E-state index contributed by atoms with van der Waals surface area (Å²) in [5, 5.41) is 23.1. The summed E-state index contributed by atoms with van der Waals surface area (Å²) in [7, 11) is 0. The molecule has 5 aliphatic carbocycles. The van der Waals surface area contributed by atoms with Gasteiger partial charge in [0.25, 0.3) is 0 Å². The second kappa shape index (κ2) is 6.95. The largest absolute Gasteiger partial charge is 0.393 e. The van der Waals surface area contributed by atoms with Gasteiger partial charge in [0.2, 0.25) is 0 Å². The summed E-state index contributed by atoms with van der Waals surface area (Å²) in [6, 6.07) is 0. The third-order valence-corrected chi connectivity index (χ3v) is 12.5. The summed E-state index contributed by atoms with van der Waals surface area (Å²) in [6.45, 7) is 14.0. The first-order chi connectivity index (χ1) is 15.5. The lowest BCUT2D eigenvalue weighted by Crippen LogP contribution is -2.68. The molecule has 0 aromatic carbocycles. The van der Waals surface area contributed by atoms with Crippen LogP contribution in [0.4, 0.5) is 0 Å². The van der Waals surface area contributed by atoms with Crippen molar-refractivity contribution in [1.82, 2.24) is 0 Å². The van der Waals surface area contributed by atoms with E-state index in [1.807, 2.05) is 13.0 Å². The summed E-state index contributed by atoms with van der Waals surface area (Å²) in [5.41, 5.74) is -1.55. The van der Waals surface area contributed by atoms with Crippen LogP contribution in [-0.4, -0.2) is 39.9 Å². The fraction of sp³-hybridized carbons (Fsp3) is 0.897. The highest BCUT2D eigenvalue weighted by atomic mass is 16.6. The monoisotopic (exact) mass is 456 g/mol. The third-order valence-electron chi connectivity index (χ3n) is 12.5. The van der Waals surface area contributed by atoms with Gasteiger partial charge in [-0.15, -0.1) is 0 Å². The summed E-state index contributed by atoms with van der Waals surface area (Å²) >= 11 is 0. The Labute approximate surface area is 199 Å². The molecule has 4 heteroatoms. The van der Waals surface area contributed by atoms with Gasteiger partial charge in [-0.25, -0.2) is 0 Å². The van der Waals surface area contributed by atoms with E-state index in [0.29, 0.717) is 24.2 Å². The third kappa shape index (κ3) is 2.67. The van der Waals surface area contributed by atoms with Crippen LogP contribution in [0.2, 0.25) is 0 Å². The Morgan fingerprint density at radius 2 is 1.79 bits per heavy atom. The maximum atomic E-state index is 13.3. The van der Waals surface area contributed by atoms with Crippen LogP contribution in [0.3, 0.4) is 0 Å². The highest BCUT2D eigenvalue weighted by Gasteiger charge is 2.80. The number of ether oxygens (including phenoxy) is 1. The van der Waals surface area contributed by atoms with Gasteiger partial charge < -0.3 is 14.9 Å². The van der Waals surface area contributed by atoms with Crippen molar-refractivity contribution >= 4 is 5.78 Å². The molecule has 0 aromatic rings. The Morgan fingerprint density at radius 3 is 2.48 bits per heavy atom. The maximum absolute atomic E-state index is 13.3. The number of allylic oxidation sites excluding steroid dienone is 1. The molecule has 14 unspecified atom stereocenters. The number of aliphatic hydroxyl groups excluding tert-OH is 2. The molecule has 4 saturated carbocycles. The van der Waals surface area contributed by atoms with Gasteiger partial charge in [0.1, 0.15) is 11.7 Å². The van der Waals surface area contributed by atoms with Crippen molar-refractivity contribution in [2.45, 2.75) is 97.6 Å². The predicted molar refractivity (Wildman–Crippen MR) is 127 cm³/mol. The number of carbonyl (C=O) groups excluding carboxylic acids is 1. The molecular weight excluding hydrogens is 412 g/mol. The zero-order valence-electron chi connectivity index (χ0n) is 21.3. The van der Waals surface area contributed by atoms with E-state index in [-0.39, 0.29) is 29.1 Å². The Hall–Kier alpha value is -0.710. The van der Waals surface area contributed by atoms with Crippen LogP contribution in [-0.2, 0) is 9.53 Å². The Balaban J connectivity index is 1.29. The molecule has 0 amide bonds. The average molecular weight is 457 g/mol. The normalized spacial score (nSPS) is 58.2. The molecule has 1 aliphatic heterocycles. The molecule has 14 atom stereocenters. The molecule has 184 valence electrons. The zero-order valence-corrected chi connectivity index (χ0v) is 21.3. The molecule has 2 N–H and O–H groups in total. The number of epoxide rings is 1. The van der Waals surface area contributed by atoms with Crippen molar-refractivity contribution in [3.63, 3.8) is 0 Å². The van der Waals surface area contributed by atoms with E-state index in [9.17, 15) is 15.0 Å². The first-order valence-electron chi connectivity index (χ1n) is 13.7. The first kappa shape index (κ1) is 22.7. The molecule has 0 bridgehead atoms. The second-order valence-corrected chi connectivity index (χ2v) is 13.8. The van der Waals surface area contributed by atoms with Gasteiger partial charge in [-0.1, -0.05) is 34.6 Å². The van der Waals surface area contributed by atoms with Crippen LogP contribution in [0, 0.1) is 64.1 Å². The minimum atomic E-state index is -0.826. The molecule has 0 aromatic heterocycles. The maximum Gasteiger partial charge on any atom is 0.164 e. The smallest absolute Gasteiger partial charge is 0.164 e. The van der Waals surface area contributed by atoms with E-state index in [1.165, 1.54) is 19.3 Å². The van der Waals surface area contributed by atoms with E-state index in [0.717, 1.165) is 30.1 Å². The minimum Gasteiger partial charge on any atom is -0.393 e. The Bertz CT molecular complexity index is 881. The highest BCUT2D eigenvalue weighted by molar-refractivity contribution is 5.98. The summed E-state index contributed by atoms with van der Waals surface area (Å²) in [5.74, 6) is 5.08. The van der Waals surface area contributed by atoms with Gasteiger partial charge in [-0.3, -0.25) is 4.79 Å². The van der Waals surface area contributed by atoms with Gasteiger partial charge in [0.15, 0.2) is 5.78 Å². The molecule has 6 rings (SSSR count). The number of carbonyl (C=O) groups is 1. The molecule has 6 aliphatic rings. The number of hydrogen-bond donors (Lipinski definition) is 2. The number of fused-ring (bicyclic) bond motifs is 4. The number of hydrogen-bond acceptors (Lipinski definition) is 4. The van der Waals surface area contributed by atoms with Crippen molar-refractivity contribution in [2.75, 3.05) is 0 Å². The fourth-order valence-electron chi connectivity index (χ4n) is 10.4. The molecular formula is C29H44O4. The first-order valence-corrected chi connectivity index (χ1v) is 13.7. The number of ketones is 1. The molecule has 33 heavy (non-hydrogen) atoms. The van der Waals surface area contributed by atoms with Crippen LogP contribution in [0.5, 0.6) is 0 Å². The molecule has 0 radical (unpaired) electrons. The molecule has 5 fully saturated rings. The van der Waals surface area contributed by atoms with E-state index in [4.69, 9.17) is 4.74 Å². The van der Waals surface area contributed by atoms with Gasteiger partial charge in [-0.2, -0.15) is 0 Å². The number of aliphatic hydroxyl groups is 2. The van der Waals surface area contributed by atoms with Crippen molar-refractivity contribution in [3.05, 3.63) is 12.2 Å². The van der Waals surface area contributed by atoms with Crippen molar-refractivity contribution in [2.24, 2.45) is 64.1 Å². The number of rotatable bonds is 4. The van der Waals surface area contributed by atoms with Gasteiger partial charge in [-0.05, 0) is 104 Å². The second-order valence-electron chi connectivity index (χ2n) is 13.8. The highest BCUT2D eigenvalue weighted by Crippen LogP contribution is 2.72. The standard InChI is InChI=1S/C29H44O4/c1-14(2)15(3)17-11-18(17)16(4)20-7-8-21-19-12-24(32)29-25(33-29)10-9-23(31)28(29,6)26(19)22(30)13-27(20,21)5/h9-10,14-22,24-26,30,32H,7-8,11-13H2,1-6H3. The minimum absolute atomic E-state index is 0.0408. The molecule has 1 heterocycles. The van der Waals surface area contributed by atoms with Crippen LogP contribution >= 0.6 is 0 Å². The average Bonchev–Trinajstić information content (AvgIpc) is 3.64. The van der Waals surface area contributed by atoms with Gasteiger partial charge >= 0.3 is 0 Å². The van der Waals surface area contributed by atoms with Gasteiger partial charge in [0, 0.05) is 5.92 Å². The molecule has 4 nitrogen and oxygen atoms in total. The van der Waals surface area contributed by atoms with Crippen LogP contribution in [0.1, 0.15) is 73.6 Å². The lowest BCUT2D eigenvalue weighted by Gasteiger charge is -2.61. The summed E-state index contributed by atoms with van der Waals surface area (Å²) in [6.07, 6.45) is 7.37. The van der Waals surface area contributed by atoms with E-state index < -0.39 is 23.2 Å². The molecule has 1 spiro atoms. The van der Waals surface area contributed by atoms with E-state index in [2.05, 4.69) is 34.6 Å². The van der Waals surface area contributed by atoms with Crippen LogP contribution in [0.15, 0.2) is 12.2 Å². The topological polar surface area (TPSA) is 70.1 Å². The van der Waals surface area contributed by atoms with Crippen LogP contribution in [0.25, 0.3) is 0 Å². The van der Waals surface area contributed by atoms with Crippen LogP contribution < -0.4 is 0 Å². The lowest BCUT2D eigenvalue weighted by molar-refractivity contribution is -0.198. The van der Waals surface area contributed by atoms with Crippen molar-refractivity contribution in [3.8, 4) is 0 Å². The molecule has 1 saturated heterocycles. The Kier molecular flexibility index (Phi) is 4.79. The van der Waals surface area contributed by atoms with E-state index >= 15 is 0 Å². The van der Waals surface area contributed by atoms with Crippen molar-refractivity contribution in [1.29, 1.82) is 0 Å². The van der Waals surface area contributed by atoms with Crippen molar-refractivity contribution < 1.29 is 19.7 Å². The summed E-state index contributed by atoms with van der Waals surface area (Å²) in [4.78, 5) is 13.3. The zero-order chi connectivity index (χ0) is 23.7. The summed E-state index contributed by atoms with van der Waals surface area (Å²) < 4.78 is 6.07. The predicted octanol–water partition coefficient (Wildman–Crippen LogP) is 4.63. The van der Waals surface area contributed by atoms with E-state index in [1.54, 1.807) is 6.08 Å². The Morgan fingerprint density at radius 1 is 1.06 bits per heavy atom. The lowest BCUT2D eigenvalue weighted by atomic mass is 9.43. The fourth-order valence-corrected chi connectivity index (χ4v) is 10.4.